The molecule has 1 saturated carbocycles. The van der Waals surface area contributed by atoms with E-state index in [1.807, 2.05) is 0 Å². The molecule has 0 amide bonds. The molecule has 1 nitrogen and oxygen atoms in total. The lowest BCUT2D eigenvalue weighted by Crippen LogP contribution is -2.43. The predicted octanol–water partition coefficient (Wildman–Crippen LogP) is 3.84. The SMILES string of the molecule is CCCNC(C(C)C)C1CCC(F)(F)CC1. The van der Waals surface area contributed by atoms with Crippen LogP contribution in [0.5, 0.6) is 0 Å². The molecule has 0 saturated heterocycles. The van der Waals surface area contributed by atoms with Gasteiger partial charge < -0.3 is 5.32 Å². The third-order valence-corrected chi connectivity index (χ3v) is 3.62. The lowest BCUT2D eigenvalue weighted by molar-refractivity contribution is -0.0514. The molecular weight excluding hydrogens is 208 g/mol. The predicted molar refractivity (Wildman–Crippen MR) is 63.8 cm³/mol. The van der Waals surface area contributed by atoms with Crippen molar-refractivity contribution >= 4 is 0 Å². The van der Waals surface area contributed by atoms with E-state index in [1.54, 1.807) is 0 Å². The smallest absolute Gasteiger partial charge is 0.248 e. The van der Waals surface area contributed by atoms with Crippen LogP contribution in [0.1, 0.15) is 52.9 Å². The zero-order chi connectivity index (χ0) is 12.2. The van der Waals surface area contributed by atoms with Crippen molar-refractivity contribution < 1.29 is 8.78 Å². The van der Waals surface area contributed by atoms with Crippen LogP contribution in [0.25, 0.3) is 0 Å². The summed E-state index contributed by atoms with van der Waals surface area (Å²) in [6, 6.07) is 0.413. The maximum absolute atomic E-state index is 13.1. The Morgan fingerprint density at radius 1 is 1.25 bits per heavy atom. The van der Waals surface area contributed by atoms with Crippen LogP contribution in [0.15, 0.2) is 0 Å². The van der Waals surface area contributed by atoms with E-state index in [0.29, 0.717) is 30.7 Å². The zero-order valence-corrected chi connectivity index (χ0v) is 10.7. The van der Waals surface area contributed by atoms with Gasteiger partial charge in [-0.15, -0.1) is 0 Å². The third-order valence-electron chi connectivity index (χ3n) is 3.62. The average Bonchev–Trinajstić information content (AvgIpc) is 2.20. The summed E-state index contributed by atoms with van der Waals surface area (Å²) in [4.78, 5) is 0. The van der Waals surface area contributed by atoms with Gasteiger partial charge in [0.2, 0.25) is 5.92 Å². The van der Waals surface area contributed by atoms with Gasteiger partial charge in [-0.3, -0.25) is 0 Å². The van der Waals surface area contributed by atoms with E-state index in [1.165, 1.54) is 0 Å². The minimum atomic E-state index is -2.40. The van der Waals surface area contributed by atoms with Gasteiger partial charge in [-0.25, -0.2) is 8.78 Å². The number of halogens is 2. The highest BCUT2D eigenvalue weighted by molar-refractivity contribution is 4.86. The molecule has 1 rings (SSSR count). The molecule has 0 spiro atoms. The van der Waals surface area contributed by atoms with Gasteiger partial charge in [-0.2, -0.15) is 0 Å². The topological polar surface area (TPSA) is 12.0 Å². The van der Waals surface area contributed by atoms with E-state index in [2.05, 4.69) is 26.1 Å². The Morgan fingerprint density at radius 3 is 2.25 bits per heavy atom. The van der Waals surface area contributed by atoms with Crippen molar-refractivity contribution in [1.82, 2.24) is 5.32 Å². The fourth-order valence-electron chi connectivity index (χ4n) is 2.68. The first kappa shape index (κ1) is 13.9. The lowest BCUT2D eigenvalue weighted by Gasteiger charge is -2.36. The molecule has 1 N–H and O–H groups in total. The van der Waals surface area contributed by atoms with Gasteiger partial charge in [0.25, 0.3) is 0 Å². The fraction of sp³-hybridized carbons (Fsp3) is 1.00. The normalized spacial score (nSPS) is 23.6. The molecule has 1 fully saturated rings. The molecule has 1 aliphatic rings. The fourth-order valence-corrected chi connectivity index (χ4v) is 2.68. The highest BCUT2D eigenvalue weighted by atomic mass is 19.3. The maximum Gasteiger partial charge on any atom is 0.248 e. The molecule has 0 aromatic carbocycles. The van der Waals surface area contributed by atoms with Crippen molar-refractivity contribution in [3.05, 3.63) is 0 Å². The Kier molecular flexibility index (Phi) is 5.16. The Labute approximate surface area is 98.0 Å². The van der Waals surface area contributed by atoms with Crippen LogP contribution in [-0.2, 0) is 0 Å². The van der Waals surface area contributed by atoms with Gasteiger partial charge in [0.05, 0.1) is 0 Å². The number of hydrogen-bond donors (Lipinski definition) is 1. The highest BCUT2D eigenvalue weighted by Crippen LogP contribution is 2.38. The largest absolute Gasteiger partial charge is 0.313 e. The molecule has 1 aliphatic carbocycles. The molecule has 1 unspecified atom stereocenters. The van der Waals surface area contributed by atoms with Crippen molar-refractivity contribution in [3.63, 3.8) is 0 Å². The summed E-state index contributed by atoms with van der Waals surface area (Å²) in [5.74, 6) is -1.43. The molecule has 0 aliphatic heterocycles. The van der Waals surface area contributed by atoms with Crippen LogP contribution in [0.3, 0.4) is 0 Å². The molecule has 0 radical (unpaired) electrons. The van der Waals surface area contributed by atoms with Crippen LogP contribution >= 0.6 is 0 Å². The van der Waals surface area contributed by atoms with Gasteiger partial charge in [-0.1, -0.05) is 20.8 Å². The average molecular weight is 233 g/mol. The Balaban J connectivity index is 2.46. The first-order chi connectivity index (χ1) is 7.46. The van der Waals surface area contributed by atoms with Gasteiger partial charge in [-0.05, 0) is 37.6 Å². The van der Waals surface area contributed by atoms with Gasteiger partial charge >= 0.3 is 0 Å². The Morgan fingerprint density at radius 2 is 1.81 bits per heavy atom. The first-order valence-electron chi connectivity index (χ1n) is 6.57. The maximum atomic E-state index is 13.1. The molecular formula is C13H25F2N. The van der Waals surface area contributed by atoms with Crippen molar-refractivity contribution in [2.24, 2.45) is 11.8 Å². The van der Waals surface area contributed by atoms with Crippen LogP contribution < -0.4 is 5.32 Å². The quantitative estimate of drug-likeness (QED) is 0.761. The summed E-state index contributed by atoms with van der Waals surface area (Å²) >= 11 is 0. The van der Waals surface area contributed by atoms with Gasteiger partial charge in [0, 0.05) is 18.9 Å². The van der Waals surface area contributed by atoms with E-state index >= 15 is 0 Å². The number of rotatable bonds is 5. The summed E-state index contributed by atoms with van der Waals surface area (Å²) < 4.78 is 26.1. The first-order valence-corrected chi connectivity index (χ1v) is 6.57. The summed E-state index contributed by atoms with van der Waals surface area (Å²) in [5.41, 5.74) is 0. The molecule has 1 atom stereocenters. The standard InChI is InChI=1S/C13H25F2N/c1-4-9-16-12(10(2)3)11-5-7-13(14,15)8-6-11/h10-12,16H,4-9H2,1-3H3. The van der Waals surface area contributed by atoms with Gasteiger partial charge in [0.15, 0.2) is 0 Å². The number of alkyl halides is 2. The molecule has 0 heterocycles. The van der Waals surface area contributed by atoms with E-state index in [9.17, 15) is 8.78 Å². The highest BCUT2D eigenvalue weighted by Gasteiger charge is 2.37. The minimum Gasteiger partial charge on any atom is -0.313 e. The zero-order valence-electron chi connectivity index (χ0n) is 10.7. The molecule has 0 bridgehead atoms. The number of hydrogen-bond acceptors (Lipinski definition) is 1. The second kappa shape index (κ2) is 5.95. The lowest BCUT2D eigenvalue weighted by atomic mass is 9.78. The molecule has 16 heavy (non-hydrogen) atoms. The number of nitrogens with one attached hydrogen (secondary N) is 1. The summed E-state index contributed by atoms with van der Waals surface area (Å²) in [5, 5.41) is 3.52. The van der Waals surface area contributed by atoms with Crippen LogP contribution in [0.2, 0.25) is 0 Å². The molecule has 3 heteroatoms. The second-order valence-corrected chi connectivity index (χ2v) is 5.42. The van der Waals surface area contributed by atoms with Crippen molar-refractivity contribution in [1.29, 1.82) is 0 Å². The monoisotopic (exact) mass is 233 g/mol. The minimum absolute atomic E-state index is 0.0781. The van der Waals surface area contributed by atoms with Crippen LogP contribution in [0, 0.1) is 11.8 Å². The van der Waals surface area contributed by atoms with E-state index in [0.717, 1.165) is 13.0 Å². The second-order valence-electron chi connectivity index (χ2n) is 5.42. The van der Waals surface area contributed by atoms with Crippen molar-refractivity contribution in [2.75, 3.05) is 6.54 Å². The van der Waals surface area contributed by atoms with Crippen LogP contribution in [-0.4, -0.2) is 18.5 Å². The van der Waals surface area contributed by atoms with E-state index in [-0.39, 0.29) is 12.8 Å². The summed E-state index contributed by atoms with van der Waals surface area (Å²) in [6.45, 7) is 7.50. The Bertz CT molecular complexity index is 194. The van der Waals surface area contributed by atoms with Crippen molar-refractivity contribution in [3.8, 4) is 0 Å². The molecule has 0 aromatic heterocycles. The van der Waals surface area contributed by atoms with E-state index in [4.69, 9.17) is 0 Å². The van der Waals surface area contributed by atoms with E-state index < -0.39 is 5.92 Å². The molecule has 0 aromatic rings. The van der Waals surface area contributed by atoms with Crippen molar-refractivity contribution in [2.45, 2.75) is 64.8 Å². The third kappa shape index (κ3) is 4.00. The van der Waals surface area contributed by atoms with Gasteiger partial charge in [0.1, 0.15) is 0 Å². The van der Waals surface area contributed by atoms with Crippen LogP contribution in [0.4, 0.5) is 8.78 Å². The summed E-state index contributed by atoms with van der Waals surface area (Å²) in [7, 11) is 0. The summed E-state index contributed by atoms with van der Waals surface area (Å²) in [6.07, 6.45) is 2.61. The Hall–Kier alpha value is -0.180. The molecule has 96 valence electrons.